The fraction of sp³-hybridized carbons (Fsp3) is 0.600. The molecule has 0 bridgehead atoms. The summed E-state index contributed by atoms with van der Waals surface area (Å²) in [6, 6.07) is 7.03. The highest BCUT2D eigenvalue weighted by molar-refractivity contribution is 9.10. The maximum atomic E-state index is 5.26. The molecule has 4 heteroatoms. The summed E-state index contributed by atoms with van der Waals surface area (Å²) in [5.74, 6) is 0.897. The summed E-state index contributed by atoms with van der Waals surface area (Å²) in [7, 11) is 3.93. The monoisotopic (exact) mass is 326 g/mol. The molecule has 2 rings (SSSR count). The van der Waals surface area contributed by atoms with Crippen molar-refractivity contribution in [3.8, 4) is 5.75 Å². The largest absolute Gasteiger partial charge is 0.496 e. The quantitative estimate of drug-likeness (QED) is 0.900. The Balaban J connectivity index is 1.85. The van der Waals surface area contributed by atoms with Crippen molar-refractivity contribution < 1.29 is 4.74 Å². The number of benzene rings is 1. The van der Waals surface area contributed by atoms with Crippen molar-refractivity contribution in [1.82, 2.24) is 10.2 Å². The van der Waals surface area contributed by atoms with Gasteiger partial charge in [0.25, 0.3) is 0 Å². The van der Waals surface area contributed by atoms with Gasteiger partial charge in [0, 0.05) is 19.1 Å². The fourth-order valence-electron chi connectivity index (χ4n) is 2.56. The Hall–Kier alpha value is -0.580. The minimum absolute atomic E-state index is 0.690. The smallest absolute Gasteiger partial charge is 0.133 e. The number of ether oxygens (including phenoxy) is 1. The predicted molar refractivity (Wildman–Crippen MR) is 82.9 cm³/mol. The van der Waals surface area contributed by atoms with Crippen LogP contribution in [0, 0.1) is 0 Å². The van der Waals surface area contributed by atoms with Gasteiger partial charge in [-0.1, -0.05) is 6.07 Å². The van der Waals surface area contributed by atoms with E-state index >= 15 is 0 Å². The van der Waals surface area contributed by atoms with Crippen LogP contribution in [-0.4, -0.2) is 44.7 Å². The third kappa shape index (κ3) is 4.20. The third-order valence-electron chi connectivity index (χ3n) is 3.86. The second kappa shape index (κ2) is 7.27. The molecule has 0 aliphatic carbocycles. The lowest BCUT2D eigenvalue weighted by Crippen LogP contribution is -2.44. The van der Waals surface area contributed by atoms with Gasteiger partial charge in [-0.2, -0.15) is 0 Å². The van der Waals surface area contributed by atoms with Crippen molar-refractivity contribution in [2.75, 3.05) is 33.8 Å². The highest BCUT2D eigenvalue weighted by Crippen LogP contribution is 2.25. The molecule has 1 saturated heterocycles. The molecule has 1 aromatic carbocycles. The molecule has 1 aromatic rings. The van der Waals surface area contributed by atoms with Crippen molar-refractivity contribution in [3.05, 3.63) is 28.2 Å². The topological polar surface area (TPSA) is 24.5 Å². The van der Waals surface area contributed by atoms with Crippen molar-refractivity contribution in [3.63, 3.8) is 0 Å². The summed E-state index contributed by atoms with van der Waals surface area (Å²) in [5, 5.41) is 3.47. The summed E-state index contributed by atoms with van der Waals surface area (Å²) in [4.78, 5) is 2.48. The molecule has 1 aliphatic rings. The molecule has 1 N–H and O–H groups in total. The molecule has 1 atom stereocenters. The van der Waals surface area contributed by atoms with E-state index in [4.69, 9.17) is 4.74 Å². The van der Waals surface area contributed by atoms with E-state index in [9.17, 15) is 0 Å². The molecule has 0 radical (unpaired) electrons. The fourth-order valence-corrected chi connectivity index (χ4v) is 3.15. The lowest BCUT2D eigenvalue weighted by Gasteiger charge is -2.31. The number of rotatable bonds is 5. The second-order valence-electron chi connectivity index (χ2n) is 5.20. The third-order valence-corrected chi connectivity index (χ3v) is 4.48. The Bertz CT molecular complexity index is 405. The van der Waals surface area contributed by atoms with Crippen LogP contribution in [0.25, 0.3) is 0 Å². The Morgan fingerprint density at radius 2 is 2.32 bits per heavy atom. The average Bonchev–Trinajstić information content (AvgIpc) is 2.46. The summed E-state index contributed by atoms with van der Waals surface area (Å²) in [6.45, 7) is 3.41. The number of hydrogen-bond donors (Lipinski definition) is 1. The van der Waals surface area contributed by atoms with Crippen LogP contribution in [-0.2, 0) is 6.42 Å². The Morgan fingerprint density at radius 3 is 2.95 bits per heavy atom. The van der Waals surface area contributed by atoms with E-state index in [1.807, 2.05) is 6.07 Å². The minimum atomic E-state index is 0.690. The number of piperidine rings is 1. The first-order valence-electron chi connectivity index (χ1n) is 6.94. The summed E-state index contributed by atoms with van der Waals surface area (Å²) < 4.78 is 6.29. The summed E-state index contributed by atoms with van der Waals surface area (Å²) in [6.07, 6.45) is 3.69. The molecular weight excluding hydrogens is 304 g/mol. The predicted octanol–water partition coefficient (Wildman–Crippen LogP) is 2.68. The van der Waals surface area contributed by atoms with E-state index in [0.717, 1.165) is 29.7 Å². The van der Waals surface area contributed by atoms with E-state index in [1.165, 1.54) is 24.9 Å². The number of likely N-dealkylation sites (N-methyl/N-ethyl adjacent to an activating group) is 1. The number of nitrogens with one attached hydrogen (secondary N) is 1. The Labute approximate surface area is 124 Å². The molecule has 0 amide bonds. The van der Waals surface area contributed by atoms with Gasteiger partial charge in [0.15, 0.2) is 0 Å². The maximum Gasteiger partial charge on any atom is 0.133 e. The molecule has 0 spiro atoms. The van der Waals surface area contributed by atoms with E-state index in [1.54, 1.807) is 7.11 Å². The molecule has 1 aliphatic heterocycles. The zero-order valence-corrected chi connectivity index (χ0v) is 13.4. The first kappa shape index (κ1) is 14.8. The lowest BCUT2D eigenvalue weighted by atomic mass is 10.1. The van der Waals surface area contributed by atoms with Crippen molar-refractivity contribution in [2.24, 2.45) is 0 Å². The molecular formula is C15H23BrN2O. The van der Waals surface area contributed by atoms with E-state index in [0.29, 0.717) is 6.04 Å². The van der Waals surface area contributed by atoms with E-state index in [-0.39, 0.29) is 0 Å². The second-order valence-corrected chi connectivity index (χ2v) is 6.05. The zero-order valence-electron chi connectivity index (χ0n) is 11.8. The normalized spacial score (nSPS) is 19.7. The van der Waals surface area contributed by atoms with Crippen LogP contribution in [0.1, 0.15) is 18.4 Å². The van der Waals surface area contributed by atoms with Crippen LogP contribution in [0.2, 0.25) is 0 Å². The summed E-state index contributed by atoms with van der Waals surface area (Å²) in [5.41, 5.74) is 1.35. The van der Waals surface area contributed by atoms with Crippen LogP contribution < -0.4 is 10.1 Å². The average molecular weight is 327 g/mol. The molecule has 1 heterocycles. The van der Waals surface area contributed by atoms with Gasteiger partial charge in [-0.15, -0.1) is 0 Å². The summed E-state index contributed by atoms with van der Waals surface area (Å²) >= 11 is 3.54. The van der Waals surface area contributed by atoms with E-state index < -0.39 is 0 Å². The van der Waals surface area contributed by atoms with Gasteiger partial charge in [-0.25, -0.2) is 0 Å². The zero-order chi connectivity index (χ0) is 13.7. The van der Waals surface area contributed by atoms with E-state index in [2.05, 4.69) is 45.3 Å². The molecule has 3 nitrogen and oxygen atoms in total. The first-order chi connectivity index (χ1) is 9.20. The molecule has 1 unspecified atom stereocenters. The number of methoxy groups -OCH3 is 1. The van der Waals surface area contributed by atoms with Gasteiger partial charge in [-0.3, -0.25) is 0 Å². The highest BCUT2D eigenvalue weighted by Gasteiger charge is 2.17. The molecule has 19 heavy (non-hydrogen) atoms. The molecule has 0 saturated carbocycles. The minimum Gasteiger partial charge on any atom is -0.496 e. The van der Waals surface area contributed by atoms with Gasteiger partial charge in [0.1, 0.15) is 5.75 Å². The number of hydrogen-bond acceptors (Lipinski definition) is 3. The number of nitrogens with zero attached hydrogens (tertiary/aromatic N) is 1. The highest BCUT2D eigenvalue weighted by atomic mass is 79.9. The number of halogens is 1. The van der Waals surface area contributed by atoms with Crippen LogP contribution in [0.5, 0.6) is 5.75 Å². The SMILES string of the molecule is COc1ccc(CCN(C)C2CCCNC2)cc1Br. The van der Waals surface area contributed by atoms with Crippen molar-refractivity contribution >= 4 is 15.9 Å². The molecule has 1 fully saturated rings. The Morgan fingerprint density at radius 1 is 1.47 bits per heavy atom. The van der Waals surface area contributed by atoms with Gasteiger partial charge in [0.2, 0.25) is 0 Å². The first-order valence-corrected chi connectivity index (χ1v) is 7.73. The van der Waals surface area contributed by atoms with Gasteiger partial charge in [0.05, 0.1) is 11.6 Å². The molecule has 0 aromatic heterocycles. The molecule has 106 valence electrons. The maximum absolute atomic E-state index is 5.26. The van der Waals surface area contributed by atoms with Crippen LogP contribution in [0.15, 0.2) is 22.7 Å². The van der Waals surface area contributed by atoms with Crippen molar-refractivity contribution in [2.45, 2.75) is 25.3 Å². The van der Waals surface area contributed by atoms with Crippen LogP contribution >= 0.6 is 15.9 Å². The van der Waals surface area contributed by atoms with Gasteiger partial charge in [-0.05, 0) is 66.5 Å². The van der Waals surface area contributed by atoms with Gasteiger partial charge < -0.3 is 15.0 Å². The Kier molecular flexibility index (Phi) is 5.67. The lowest BCUT2D eigenvalue weighted by molar-refractivity contribution is 0.205. The van der Waals surface area contributed by atoms with Crippen LogP contribution in [0.4, 0.5) is 0 Å². The standard InChI is InChI=1S/C15H23BrN2O/c1-18(13-4-3-8-17-11-13)9-7-12-5-6-15(19-2)14(16)10-12/h5-6,10,13,17H,3-4,7-9,11H2,1-2H3. The van der Waals surface area contributed by atoms with Crippen molar-refractivity contribution in [1.29, 1.82) is 0 Å². The van der Waals surface area contributed by atoms with Gasteiger partial charge >= 0.3 is 0 Å². The van der Waals surface area contributed by atoms with Crippen LogP contribution in [0.3, 0.4) is 0 Å².